The van der Waals surface area contributed by atoms with Gasteiger partial charge in [-0.05, 0) is 60.8 Å². The first-order valence-corrected chi connectivity index (χ1v) is 9.31. The average molecular weight is 363 g/mol. The lowest BCUT2D eigenvalue weighted by atomic mass is 9.88. The molecule has 0 fully saturated rings. The first-order chi connectivity index (χ1) is 13.2. The van der Waals surface area contributed by atoms with Crippen LogP contribution in [0, 0.1) is 12.7 Å². The maximum atomic E-state index is 13.3. The van der Waals surface area contributed by atoms with Gasteiger partial charge in [-0.15, -0.1) is 0 Å². The summed E-state index contributed by atoms with van der Waals surface area (Å²) in [5.41, 5.74) is 4.89. The van der Waals surface area contributed by atoms with E-state index in [0.29, 0.717) is 0 Å². The predicted molar refractivity (Wildman–Crippen MR) is 109 cm³/mol. The molecule has 0 aliphatic carbocycles. The zero-order valence-electron chi connectivity index (χ0n) is 15.9. The van der Waals surface area contributed by atoms with Crippen LogP contribution >= 0.6 is 0 Å². The van der Waals surface area contributed by atoms with Crippen LogP contribution in [-0.4, -0.2) is 13.7 Å². The molecular weight excluding hydrogens is 337 g/mol. The average Bonchev–Trinajstić information content (AvgIpc) is 2.70. The van der Waals surface area contributed by atoms with E-state index in [9.17, 15) is 4.39 Å². The summed E-state index contributed by atoms with van der Waals surface area (Å²) in [6, 6.07) is 23.5. The van der Waals surface area contributed by atoms with Gasteiger partial charge in [0.15, 0.2) is 0 Å². The van der Waals surface area contributed by atoms with Gasteiger partial charge >= 0.3 is 0 Å². The molecule has 0 aromatic heterocycles. The zero-order chi connectivity index (χ0) is 19.1. The van der Waals surface area contributed by atoms with Crippen LogP contribution in [-0.2, 0) is 6.54 Å². The second-order valence-electron chi connectivity index (χ2n) is 6.83. The van der Waals surface area contributed by atoms with Gasteiger partial charge in [0.1, 0.15) is 11.6 Å². The molecule has 27 heavy (non-hydrogen) atoms. The van der Waals surface area contributed by atoms with E-state index >= 15 is 0 Å². The largest absolute Gasteiger partial charge is 0.497 e. The van der Waals surface area contributed by atoms with Gasteiger partial charge in [0.25, 0.3) is 0 Å². The molecule has 0 aliphatic rings. The number of aryl methyl sites for hydroxylation is 1. The number of methoxy groups -OCH3 is 1. The number of hydrogen-bond donors (Lipinski definition) is 1. The monoisotopic (exact) mass is 363 g/mol. The normalized spacial score (nSPS) is 12.0. The molecule has 3 rings (SSSR count). The summed E-state index contributed by atoms with van der Waals surface area (Å²) < 4.78 is 18.6. The van der Waals surface area contributed by atoms with E-state index in [0.717, 1.165) is 30.8 Å². The molecular formula is C24H26FNO. The zero-order valence-corrected chi connectivity index (χ0v) is 15.9. The lowest BCUT2D eigenvalue weighted by Gasteiger charge is -2.19. The summed E-state index contributed by atoms with van der Waals surface area (Å²) in [6.07, 6.45) is 0.934. The summed E-state index contributed by atoms with van der Waals surface area (Å²) in [6.45, 7) is 3.82. The van der Waals surface area contributed by atoms with Crippen molar-refractivity contribution >= 4 is 0 Å². The number of hydrogen-bond acceptors (Lipinski definition) is 2. The van der Waals surface area contributed by atoms with E-state index < -0.39 is 0 Å². The summed E-state index contributed by atoms with van der Waals surface area (Å²) in [7, 11) is 1.67. The molecule has 0 heterocycles. The fraction of sp³-hybridized carbons (Fsp3) is 0.250. The number of halogens is 1. The van der Waals surface area contributed by atoms with Crippen LogP contribution in [0.4, 0.5) is 4.39 Å². The van der Waals surface area contributed by atoms with Gasteiger partial charge in [-0.2, -0.15) is 0 Å². The second kappa shape index (κ2) is 9.33. The molecule has 3 heteroatoms. The maximum absolute atomic E-state index is 13.3. The van der Waals surface area contributed by atoms with E-state index in [1.807, 2.05) is 24.3 Å². The highest BCUT2D eigenvalue weighted by Gasteiger charge is 2.14. The van der Waals surface area contributed by atoms with Gasteiger partial charge in [0, 0.05) is 12.5 Å². The molecule has 0 spiro atoms. The van der Waals surface area contributed by atoms with Crippen molar-refractivity contribution in [2.75, 3.05) is 13.7 Å². The summed E-state index contributed by atoms with van der Waals surface area (Å²) in [5, 5.41) is 3.53. The van der Waals surface area contributed by atoms with Crippen LogP contribution in [0.5, 0.6) is 5.75 Å². The van der Waals surface area contributed by atoms with Gasteiger partial charge in [0.05, 0.1) is 7.11 Å². The number of benzene rings is 3. The minimum absolute atomic E-state index is 0.204. The second-order valence-corrected chi connectivity index (χ2v) is 6.83. The van der Waals surface area contributed by atoms with Crippen LogP contribution in [0.25, 0.3) is 0 Å². The van der Waals surface area contributed by atoms with E-state index in [-0.39, 0.29) is 11.7 Å². The molecule has 1 atom stereocenters. The maximum Gasteiger partial charge on any atom is 0.123 e. The molecule has 0 aliphatic heterocycles. The minimum atomic E-state index is -0.204. The van der Waals surface area contributed by atoms with E-state index in [4.69, 9.17) is 4.74 Å². The van der Waals surface area contributed by atoms with Crippen molar-refractivity contribution in [3.05, 3.63) is 101 Å². The van der Waals surface area contributed by atoms with Crippen molar-refractivity contribution in [2.24, 2.45) is 0 Å². The van der Waals surface area contributed by atoms with Crippen LogP contribution in [0.2, 0.25) is 0 Å². The standard InChI is InChI=1S/C24H26FNO/c1-18-3-5-19(6-4-18)17-26-16-15-24(20-7-11-22(25)12-8-20)21-9-13-23(27-2)14-10-21/h3-14,24,26H,15-17H2,1-2H3/t24-/m1/s1. The Kier molecular flexibility index (Phi) is 6.61. The fourth-order valence-electron chi connectivity index (χ4n) is 3.24. The highest BCUT2D eigenvalue weighted by Crippen LogP contribution is 2.29. The lowest BCUT2D eigenvalue weighted by Crippen LogP contribution is -2.18. The van der Waals surface area contributed by atoms with Gasteiger partial charge in [0.2, 0.25) is 0 Å². The van der Waals surface area contributed by atoms with E-state index in [2.05, 4.69) is 48.6 Å². The topological polar surface area (TPSA) is 21.3 Å². The van der Waals surface area contributed by atoms with Gasteiger partial charge < -0.3 is 10.1 Å². The van der Waals surface area contributed by atoms with E-state index in [1.54, 1.807) is 7.11 Å². The predicted octanol–water partition coefficient (Wildman–Crippen LogP) is 5.45. The van der Waals surface area contributed by atoms with Crippen molar-refractivity contribution in [1.82, 2.24) is 5.32 Å². The molecule has 0 radical (unpaired) electrons. The number of rotatable bonds is 8. The third-order valence-electron chi connectivity index (χ3n) is 4.85. The minimum Gasteiger partial charge on any atom is -0.497 e. The highest BCUT2D eigenvalue weighted by atomic mass is 19.1. The molecule has 3 aromatic carbocycles. The van der Waals surface area contributed by atoms with E-state index in [1.165, 1.54) is 28.8 Å². The Morgan fingerprint density at radius 2 is 1.44 bits per heavy atom. The first-order valence-electron chi connectivity index (χ1n) is 9.31. The molecule has 3 aromatic rings. The Bertz CT molecular complexity index is 826. The van der Waals surface area contributed by atoms with Gasteiger partial charge in [-0.1, -0.05) is 54.1 Å². The first kappa shape index (κ1) is 19.1. The van der Waals surface area contributed by atoms with Crippen molar-refractivity contribution in [3.8, 4) is 5.75 Å². The van der Waals surface area contributed by atoms with Crippen LogP contribution < -0.4 is 10.1 Å². The molecule has 2 nitrogen and oxygen atoms in total. The number of nitrogens with one attached hydrogen (secondary N) is 1. The quantitative estimate of drug-likeness (QED) is 0.537. The Hall–Kier alpha value is -2.65. The van der Waals surface area contributed by atoms with Crippen molar-refractivity contribution < 1.29 is 9.13 Å². The highest BCUT2D eigenvalue weighted by molar-refractivity contribution is 5.36. The molecule has 0 saturated heterocycles. The third kappa shape index (κ3) is 5.41. The molecule has 0 unspecified atom stereocenters. The number of ether oxygens (including phenoxy) is 1. The summed E-state index contributed by atoms with van der Waals surface area (Å²) >= 11 is 0. The molecule has 140 valence electrons. The van der Waals surface area contributed by atoms with Crippen LogP contribution in [0.15, 0.2) is 72.8 Å². The molecule has 0 saturated carbocycles. The lowest BCUT2D eigenvalue weighted by molar-refractivity contribution is 0.414. The van der Waals surface area contributed by atoms with Crippen LogP contribution in [0.1, 0.15) is 34.6 Å². The Labute approximate surface area is 161 Å². The summed E-state index contributed by atoms with van der Waals surface area (Å²) in [4.78, 5) is 0. The van der Waals surface area contributed by atoms with Crippen molar-refractivity contribution in [3.63, 3.8) is 0 Å². The smallest absolute Gasteiger partial charge is 0.123 e. The molecule has 0 amide bonds. The Balaban J connectivity index is 1.67. The summed E-state index contributed by atoms with van der Waals surface area (Å²) in [5.74, 6) is 0.848. The SMILES string of the molecule is COc1ccc([C@H](CCNCc2ccc(C)cc2)c2ccc(F)cc2)cc1. The Morgan fingerprint density at radius 1 is 0.852 bits per heavy atom. The van der Waals surface area contributed by atoms with Crippen molar-refractivity contribution in [1.29, 1.82) is 0 Å². The molecule has 1 N–H and O–H groups in total. The van der Waals surface area contributed by atoms with Gasteiger partial charge in [-0.25, -0.2) is 4.39 Å². The van der Waals surface area contributed by atoms with Crippen LogP contribution in [0.3, 0.4) is 0 Å². The fourth-order valence-corrected chi connectivity index (χ4v) is 3.24. The molecule has 0 bridgehead atoms. The third-order valence-corrected chi connectivity index (χ3v) is 4.85. The van der Waals surface area contributed by atoms with Crippen molar-refractivity contribution in [2.45, 2.75) is 25.8 Å². The van der Waals surface area contributed by atoms with Gasteiger partial charge in [-0.3, -0.25) is 0 Å². The Morgan fingerprint density at radius 3 is 2.04 bits per heavy atom.